The van der Waals surface area contributed by atoms with Crippen molar-refractivity contribution in [2.24, 2.45) is 5.41 Å². The van der Waals surface area contributed by atoms with Gasteiger partial charge in [0.05, 0.1) is 0 Å². The second-order valence-corrected chi connectivity index (χ2v) is 7.35. The van der Waals surface area contributed by atoms with E-state index in [4.69, 9.17) is 5.11 Å². The van der Waals surface area contributed by atoms with Crippen LogP contribution in [0.2, 0.25) is 0 Å². The minimum absolute atomic E-state index is 0.0994. The number of para-hydroxylation sites is 1. The van der Waals surface area contributed by atoms with Crippen LogP contribution in [-0.4, -0.2) is 37.4 Å². The maximum atomic E-state index is 12.1. The smallest absolute Gasteiger partial charge is 0.315 e. The van der Waals surface area contributed by atoms with Crippen molar-refractivity contribution in [3.05, 3.63) is 29.8 Å². The van der Waals surface area contributed by atoms with E-state index >= 15 is 0 Å². The van der Waals surface area contributed by atoms with Gasteiger partial charge in [-0.1, -0.05) is 32.0 Å². The minimum atomic E-state index is -0.158. The van der Waals surface area contributed by atoms with Crippen molar-refractivity contribution < 1.29 is 9.90 Å². The summed E-state index contributed by atoms with van der Waals surface area (Å²) in [6, 6.07) is 8.15. The predicted molar refractivity (Wildman–Crippen MR) is 98.2 cm³/mol. The number of urea groups is 1. The van der Waals surface area contributed by atoms with Crippen molar-refractivity contribution in [1.29, 1.82) is 0 Å². The van der Waals surface area contributed by atoms with E-state index in [1.165, 1.54) is 24.9 Å². The van der Waals surface area contributed by atoms with E-state index < -0.39 is 0 Å². The van der Waals surface area contributed by atoms with Gasteiger partial charge in [0.2, 0.25) is 0 Å². The molecule has 1 heterocycles. The lowest BCUT2D eigenvalue weighted by Gasteiger charge is -2.30. The number of aliphatic hydroxyl groups excluding tert-OH is 1. The highest BCUT2D eigenvalue weighted by Gasteiger charge is 2.18. The number of nitrogens with one attached hydrogen (secondary N) is 2. The average molecular weight is 333 g/mol. The van der Waals surface area contributed by atoms with E-state index in [9.17, 15) is 4.79 Å². The van der Waals surface area contributed by atoms with Gasteiger partial charge in [-0.05, 0) is 42.7 Å². The van der Waals surface area contributed by atoms with Gasteiger partial charge in [-0.2, -0.15) is 0 Å². The SMILES string of the molecule is CC(C)(CCO)CNC(=O)NCc1ccccc1N1CCCCC1. The number of rotatable bonds is 7. The molecule has 0 atom stereocenters. The lowest BCUT2D eigenvalue weighted by atomic mass is 9.90. The van der Waals surface area contributed by atoms with Crippen molar-refractivity contribution in [1.82, 2.24) is 10.6 Å². The molecule has 0 spiro atoms. The van der Waals surface area contributed by atoms with E-state index in [1.807, 2.05) is 19.9 Å². The third-order valence-corrected chi connectivity index (χ3v) is 4.64. The third kappa shape index (κ3) is 5.71. The Balaban J connectivity index is 1.86. The molecule has 2 amide bonds. The Morgan fingerprint density at radius 3 is 2.58 bits per heavy atom. The van der Waals surface area contributed by atoms with E-state index in [2.05, 4.69) is 33.7 Å². The lowest BCUT2D eigenvalue weighted by Crippen LogP contribution is -2.41. The molecule has 0 aromatic heterocycles. The number of carbonyl (C=O) groups excluding carboxylic acids is 1. The molecule has 1 aliphatic heterocycles. The third-order valence-electron chi connectivity index (χ3n) is 4.64. The van der Waals surface area contributed by atoms with Crippen LogP contribution in [0, 0.1) is 5.41 Å². The molecule has 5 nitrogen and oxygen atoms in total. The summed E-state index contributed by atoms with van der Waals surface area (Å²) < 4.78 is 0. The van der Waals surface area contributed by atoms with Crippen LogP contribution in [0.5, 0.6) is 0 Å². The number of hydrogen-bond acceptors (Lipinski definition) is 3. The molecule has 1 aliphatic rings. The molecule has 1 aromatic carbocycles. The molecular weight excluding hydrogens is 302 g/mol. The molecule has 0 aliphatic carbocycles. The van der Waals surface area contributed by atoms with Crippen LogP contribution >= 0.6 is 0 Å². The molecule has 1 fully saturated rings. The van der Waals surface area contributed by atoms with Crippen molar-refractivity contribution in [3.63, 3.8) is 0 Å². The summed E-state index contributed by atoms with van der Waals surface area (Å²) in [5.41, 5.74) is 2.29. The Kier molecular flexibility index (Phi) is 6.91. The molecule has 0 saturated carbocycles. The summed E-state index contributed by atoms with van der Waals surface area (Å²) in [5, 5.41) is 14.9. The van der Waals surface area contributed by atoms with Crippen molar-refractivity contribution in [3.8, 4) is 0 Å². The standard InChI is InChI=1S/C19H31N3O2/c1-19(2,10-13-23)15-21-18(24)20-14-16-8-4-5-9-17(16)22-11-6-3-7-12-22/h4-5,8-9,23H,3,6-7,10-15H2,1-2H3,(H2,20,21,24). The summed E-state index contributed by atoms with van der Waals surface area (Å²) >= 11 is 0. The van der Waals surface area contributed by atoms with E-state index in [0.717, 1.165) is 18.7 Å². The fourth-order valence-corrected chi connectivity index (χ4v) is 3.05. The first-order valence-electron chi connectivity index (χ1n) is 8.97. The fraction of sp³-hybridized carbons (Fsp3) is 0.632. The molecule has 1 aromatic rings. The Hall–Kier alpha value is -1.75. The van der Waals surface area contributed by atoms with Crippen molar-refractivity contribution >= 4 is 11.7 Å². The monoisotopic (exact) mass is 333 g/mol. The van der Waals surface area contributed by atoms with Gasteiger partial charge < -0.3 is 20.6 Å². The summed E-state index contributed by atoms with van der Waals surface area (Å²) in [6.07, 6.45) is 4.46. The topological polar surface area (TPSA) is 64.6 Å². The Morgan fingerprint density at radius 1 is 1.17 bits per heavy atom. The molecule has 5 heteroatoms. The largest absolute Gasteiger partial charge is 0.396 e. The molecule has 24 heavy (non-hydrogen) atoms. The normalized spacial score (nSPS) is 15.2. The van der Waals surface area contributed by atoms with E-state index in [1.54, 1.807) is 0 Å². The van der Waals surface area contributed by atoms with Crippen LogP contribution in [0.4, 0.5) is 10.5 Å². The Bertz CT molecular complexity index is 525. The number of amides is 2. The highest BCUT2D eigenvalue weighted by molar-refractivity contribution is 5.74. The molecule has 134 valence electrons. The quantitative estimate of drug-likeness (QED) is 0.719. The first kappa shape index (κ1) is 18.6. The highest BCUT2D eigenvalue weighted by atomic mass is 16.3. The van der Waals surface area contributed by atoms with Gasteiger partial charge in [0, 0.05) is 38.5 Å². The second kappa shape index (κ2) is 8.92. The van der Waals surface area contributed by atoms with Crippen LogP contribution in [-0.2, 0) is 6.54 Å². The summed E-state index contributed by atoms with van der Waals surface area (Å²) in [4.78, 5) is 14.5. The van der Waals surface area contributed by atoms with Gasteiger partial charge in [0.25, 0.3) is 0 Å². The van der Waals surface area contributed by atoms with Gasteiger partial charge in [-0.15, -0.1) is 0 Å². The van der Waals surface area contributed by atoms with Gasteiger partial charge in [0.1, 0.15) is 0 Å². The number of benzene rings is 1. The molecule has 0 radical (unpaired) electrons. The highest BCUT2D eigenvalue weighted by Crippen LogP contribution is 2.24. The molecular formula is C19H31N3O2. The van der Waals surface area contributed by atoms with Crippen LogP contribution in [0.1, 0.15) is 45.1 Å². The zero-order valence-electron chi connectivity index (χ0n) is 15.0. The molecule has 1 saturated heterocycles. The van der Waals surface area contributed by atoms with Gasteiger partial charge in [-0.25, -0.2) is 4.79 Å². The number of hydrogen-bond donors (Lipinski definition) is 3. The zero-order chi connectivity index (χ0) is 17.4. The fourth-order valence-electron chi connectivity index (χ4n) is 3.05. The second-order valence-electron chi connectivity index (χ2n) is 7.35. The number of aliphatic hydroxyl groups is 1. The zero-order valence-corrected chi connectivity index (χ0v) is 15.0. The van der Waals surface area contributed by atoms with Crippen LogP contribution < -0.4 is 15.5 Å². The van der Waals surface area contributed by atoms with Gasteiger partial charge in [-0.3, -0.25) is 0 Å². The number of nitrogens with zero attached hydrogens (tertiary/aromatic N) is 1. The predicted octanol–water partition coefficient (Wildman–Crippen LogP) is 2.88. The van der Waals surface area contributed by atoms with Crippen molar-refractivity contribution in [2.45, 2.75) is 46.1 Å². The van der Waals surface area contributed by atoms with Crippen LogP contribution in [0.25, 0.3) is 0 Å². The first-order chi connectivity index (χ1) is 11.5. The first-order valence-corrected chi connectivity index (χ1v) is 8.97. The van der Waals surface area contributed by atoms with E-state index in [0.29, 0.717) is 19.5 Å². The number of carbonyl (C=O) groups is 1. The Labute approximate surface area is 145 Å². The average Bonchev–Trinajstić information content (AvgIpc) is 2.59. The summed E-state index contributed by atoms with van der Waals surface area (Å²) in [5.74, 6) is 0. The maximum Gasteiger partial charge on any atom is 0.315 e. The maximum absolute atomic E-state index is 12.1. The van der Waals surface area contributed by atoms with E-state index in [-0.39, 0.29) is 18.1 Å². The number of piperidine rings is 1. The molecule has 0 bridgehead atoms. The summed E-state index contributed by atoms with van der Waals surface area (Å²) in [6.45, 7) is 7.48. The summed E-state index contributed by atoms with van der Waals surface area (Å²) in [7, 11) is 0. The minimum Gasteiger partial charge on any atom is -0.396 e. The van der Waals surface area contributed by atoms with Crippen LogP contribution in [0.15, 0.2) is 24.3 Å². The number of anilines is 1. The lowest BCUT2D eigenvalue weighted by molar-refractivity contribution is 0.201. The molecule has 2 rings (SSSR count). The Morgan fingerprint density at radius 2 is 1.88 bits per heavy atom. The van der Waals surface area contributed by atoms with Crippen LogP contribution in [0.3, 0.4) is 0 Å². The molecule has 0 unspecified atom stereocenters. The van der Waals surface area contributed by atoms with Gasteiger partial charge >= 0.3 is 6.03 Å². The van der Waals surface area contributed by atoms with Crippen molar-refractivity contribution in [2.75, 3.05) is 31.1 Å². The molecule has 3 N–H and O–H groups in total. The van der Waals surface area contributed by atoms with Gasteiger partial charge in [0.15, 0.2) is 0 Å².